The SMILES string of the molecule is O=C(CN1CCN(C(=O)Cc2ccc(Cl)c(Cl)c2)[C@@H]2[C@@H](N3CCCC3)COCN21)c1ccon1. The van der Waals surface area contributed by atoms with Crippen LogP contribution in [0.5, 0.6) is 0 Å². The molecule has 3 aliphatic heterocycles. The van der Waals surface area contributed by atoms with Crippen molar-refractivity contribution in [2.75, 3.05) is 46.1 Å². The number of hydrazine groups is 1. The Balaban J connectivity index is 1.38. The molecule has 0 N–H and O–H groups in total. The van der Waals surface area contributed by atoms with Crippen LogP contribution in [0, 0.1) is 0 Å². The molecule has 0 spiro atoms. The van der Waals surface area contributed by atoms with E-state index in [9.17, 15) is 9.59 Å². The number of amides is 1. The summed E-state index contributed by atoms with van der Waals surface area (Å²) < 4.78 is 10.8. The second kappa shape index (κ2) is 10.3. The number of aromatic nitrogens is 1. The predicted molar refractivity (Wildman–Crippen MR) is 125 cm³/mol. The monoisotopic (exact) mass is 507 g/mol. The third-order valence-corrected chi connectivity index (χ3v) is 7.50. The molecule has 1 amide bonds. The van der Waals surface area contributed by atoms with Gasteiger partial charge >= 0.3 is 0 Å². The second-order valence-corrected chi connectivity index (χ2v) is 9.69. The number of hydrogen-bond donors (Lipinski definition) is 0. The first-order valence-corrected chi connectivity index (χ1v) is 12.3. The maximum Gasteiger partial charge on any atom is 0.228 e. The number of benzene rings is 1. The van der Waals surface area contributed by atoms with Gasteiger partial charge in [-0.05, 0) is 43.6 Å². The van der Waals surface area contributed by atoms with E-state index in [0.717, 1.165) is 31.5 Å². The summed E-state index contributed by atoms with van der Waals surface area (Å²) >= 11 is 12.2. The second-order valence-electron chi connectivity index (χ2n) is 8.87. The molecule has 4 heterocycles. The molecule has 0 radical (unpaired) electrons. The Morgan fingerprint density at radius 3 is 2.62 bits per heavy atom. The number of halogens is 2. The van der Waals surface area contributed by atoms with Crippen LogP contribution in [0.4, 0.5) is 0 Å². The number of likely N-dealkylation sites (tertiary alicyclic amines) is 1. The van der Waals surface area contributed by atoms with E-state index < -0.39 is 0 Å². The highest BCUT2D eigenvalue weighted by molar-refractivity contribution is 6.42. The zero-order valence-corrected chi connectivity index (χ0v) is 20.2. The standard InChI is InChI=1S/C23H27Cl2N5O4/c24-17-4-3-16(11-18(17)25)12-22(32)29-9-8-28(13-21(31)19-5-10-34-26-19)30-15-33-14-20(23(29)30)27-6-1-2-7-27/h3-5,10-11,20,23H,1-2,6-9,12-15H2/t20-,23-/m0/s1. The van der Waals surface area contributed by atoms with Gasteiger partial charge in [0.1, 0.15) is 19.2 Å². The minimum absolute atomic E-state index is 0.0157. The van der Waals surface area contributed by atoms with Crippen LogP contribution in [0.25, 0.3) is 0 Å². The quantitative estimate of drug-likeness (QED) is 0.551. The molecule has 1 aromatic heterocycles. The molecule has 0 saturated carbocycles. The lowest BCUT2D eigenvalue weighted by molar-refractivity contribution is -0.245. The summed E-state index contributed by atoms with van der Waals surface area (Å²) in [5.74, 6) is -0.117. The molecule has 34 heavy (non-hydrogen) atoms. The van der Waals surface area contributed by atoms with Crippen molar-refractivity contribution < 1.29 is 18.8 Å². The van der Waals surface area contributed by atoms with Gasteiger partial charge in [-0.25, -0.2) is 5.01 Å². The first-order chi connectivity index (χ1) is 16.5. The van der Waals surface area contributed by atoms with Crippen molar-refractivity contribution in [3.63, 3.8) is 0 Å². The maximum atomic E-state index is 13.6. The zero-order valence-electron chi connectivity index (χ0n) is 18.7. The molecule has 2 aromatic rings. The van der Waals surface area contributed by atoms with Crippen LogP contribution in [-0.4, -0.2) is 94.9 Å². The van der Waals surface area contributed by atoms with Crippen molar-refractivity contribution in [2.24, 2.45) is 0 Å². The molecule has 3 fully saturated rings. The average Bonchev–Trinajstić information content (AvgIpc) is 3.56. The number of nitrogens with zero attached hydrogens (tertiary/aromatic N) is 5. The van der Waals surface area contributed by atoms with Crippen LogP contribution in [0.15, 0.2) is 35.1 Å². The van der Waals surface area contributed by atoms with Gasteiger partial charge in [0.2, 0.25) is 5.91 Å². The molecule has 0 unspecified atom stereocenters. The Hall–Kier alpha value is -2.01. The van der Waals surface area contributed by atoms with E-state index in [1.54, 1.807) is 18.2 Å². The molecule has 2 atom stereocenters. The number of fused-ring (bicyclic) bond motifs is 1. The Labute approximate surface area is 208 Å². The summed E-state index contributed by atoms with van der Waals surface area (Å²) in [4.78, 5) is 30.6. The lowest BCUT2D eigenvalue weighted by Gasteiger charge is -2.55. The van der Waals surface area contributed by atoms with E-state index in [4.69, 9.17) is 32.5 Å². The van der Waals surface area contributed by atoms with Crippen LogP contribution >= 0.6 is 23.2 Å². The number of ether oxygens (including phenoxy) is 1. The summed E-state index contributed by atoms with van der Waals surface area (Å²) in [6.45, 7) is 3.99. The largest absolute Gasteiger partial charge is 0.364 e. The highest BCUT2D eigenvalue weighted by Crippen LogP contribution is 2.29. The molecule has 182 valence electrons. The van der Waals surface area contributed by atoms with Gasteiger partial charge in [-0.3, -0.25) is 14.5 Å². The van der Waals surface area contributed by atoms with E-state index in [1.807, 2.05) is 21.0 Å². The van der Waals surface area contributed by atoms with Gasteiger partial charge < -0.3 is 14.2 Å². The van der Waals surface area contributed by atoms with E-state index in [-0.39, 0.29) is 36.9 Å². The molecule has 1 aromatic carbocycles. The fourth-order valence-electron chi connectivity index (χ4n) is 5.07. The van der Waals surface area contributed by atoms with E-state index in [2.05, 4.69) is 10.1 Å². The minimum atomic E-state index is -0.221. The highest BCUT2D eigenvalue weighted by atomic mass is 35.5. The van der Waals surface area contributed by atoms with Gasteiger partial charge in [0.15, 0.2) is 11.5 Å². The Morgan fingerprint density at radius 1 is 1.06 bits per heavy atom. The van der Waals surface area contributed by atoms with Crippen LogP contribution in [0.2, 0.25) is 10.0 Å². The zero-order chi connectivity index (χ0) is 23.7. The fourth-order valence-corrected chi connectivity index (χ4v) is 5.39. The number of carbonyl (C=O) groups excluding carboxylic acids is 2. The first-order valence-electron chi connectivity index (χ1n) is 11.5. The average molecular weight is 508 g/mol. The van der Waals surface area contributed by atoms with Gasteiger partial charge in [-0.2, -0.15) is 5.01 Å². The lowest BCUT2D eigenvalue weighted by Crippen LogP contribution is -2.73. The Morgan fingerprint density at radius 2 is 1.88 bits per heavy atom. The third-order valence-electron chi connectivity index (χ3n) is 6.76. The van der Waals surface area contributed by atoms with Crippen molar-refractivity contribution in [1.82, 2.24) is 25.0 Å². The number of ketones is 1. The van der Waals surface area contributed by atoms with Crippen LogP contribution in [0.1, 0.15) is 28.9 Å². The fraction of sp³-hybridized carbons (Fsp3) is 0.522. The molecule has 3 aliphatic rings. The first kappa shape index (κ1) is 23.7. The number of carbonyl (C=O) groups is 2. The third kappa shape index (κ3) is 4.86. The molecule has 3 saturated heterocycles. The molecule has 11 heteroatoms. The molecular weight excluding hydrogens is 481 g/mol. The molecule has 5 rings (SSSR count). The summed E-state index contributed by atoms with van der Waals surface area (Å²) in [5, 5.41) is 8.68. The van der Waals surface area contributed by atoms with Gasteiger partial charge in [-0.15, -0.1) is 0 Å². The predicted octanol–water partition coefficient (Wildman–Crippen LogP) is 2.55. The number of Topliss-reactive ketones (excluding diaryl/α,β-unsaturated/α-hetero) is 1. The Kier molecular flexibility index (Phi) is 7.19. The van der Waals surface area contributed by atoms with Gasteiger partial charge in [0, 0.05) is 19.2 Å². The molecular formula is C23H27Cl2N5O4. The highest BCUT2D eigenvalue weighted by Gasteiger charge is 2.47. The molecule has 9 nitrogen and oxygen atoms in total. The van der Waals surface area contributed by atoms with Crippen LogP contribution < -0.4 is 0 Å². The summed E-state index contributed by atoms with van der Waals surface area (Å²) in [6, 6.07) is 6.89. The van der Waals surface area contributed by atoms with Crippen molar-refractivity contribution in [3.8, 4) is 0 Å². The van der Waals surface area contributed by atoms with E-state index in [1.165, 1.54) is 6.26 Å². The van der Waals surface area contributed by atoms with Gasteiger partial charge in [0.05, 0.1) is 35.7 Å². The van der Waals surface area contributed by atoms with E-state index >= 15 is 0 Å². The summed E-state index contributed by atoms with van der Waals surface area (Å²) in [7, 11) is 0. The smallest absolute Gasteiger partial charge is 0.228 e. The number of hydrogen-bond acceptors (Lipinski definition) is 8. The normalized spacial score (nSPS) is 24.4. The molecule has 0 aliphatic carbocycles. The van der Waals surface area contributed by atoms with Gasteiger partial charge in [0.25, 0.3) is 0 Å². The van der Waals surface area contributed by atoms with Crippen molar-refractivity contribution in [2.45, 2.75) is 31.5 Å². The van der Waals surface area contributed by atoms with E-state index in [0.29, 0.717) is 42.2 Å². The summed E-state index contributed by atoms with van der Waals surface area (Å²) in [5.41, 5.74) is 1.11. The maximum absolute atomic E-state index is 13.6. The topological polar surface area (TPSA) is 82.4 Å². The van der Waals surface area contributed by atoms with Crippen LogP contribution in [0.3, 0.4) is 0 Å². The Bertz CT molecular complexity index is 1030. The lowest BCUT2D eigenvalue weighted by atomic mass is 10.1. The van der Waals surface area contributed by atoms with Crippen LogP contribution in [-0.2, 0) is 16.0 Å². The minimum Gasteiger partial charge on any atom is -0.364 e. The summed E-state index contributed by atoms with van der Waals surface area (Å²) in [6.07, 6.45) is 3.67. The number of rotatable bonds is 6. The molecule has 0 bridgehead atoms. The van der Waals surface area contributed by atoms with Crippen molar-refractivity contribution in [1.29, 1.82) is 0 Å². The van der Waals surface area contributed by atoms with Crippen molar-refractivity contribution >= 4 is 34.9 Å². The van der Waals surface area contributed by atoms with Gasteiger partial charge in [-0.1, -0.05) is 34.4 Å². The van der Waals surface area contributed by atoms with Crippen molar-refractivity contribution in [3.05, 3.63) is 51.8 Å².